The first kappa shape index (κ1) is 12.1. The van der Waals surface area contributed by atoms with Crippen molar-refractivity contribution in [3.63, 3.8) is 0 Å². The summed E-state index contributed by atoms with van der Waals surface area (Å²) in [6.45, 7) is 0.476. The SMILES string of the molecule is COC(=O)CCNc1cc(Cl)nc(C2CC2)n1. The molecule has 2 rings (SSSR count). The summed E-state index contributed by atoms with van der Waals surface area (Å²) in [5, 5.41) is 3.47. The molecule has 0 spiro atoms. The fraction of sp³-hybridized carbons (Fsp3) is 0.545. The van der Waals surface area contributed by atoms with Gasteiger partial charge in [-0.2, -0.15) is 0 Å². The average molecular weight is 256 g/mol. The van der Waals surface area contributed by atoms with E-state index in [1.54, 1.807) is 6.07 Å². The number of anilines is 1. The van der Waals surface area contributed by atoms with Gasteiger partial charge in [0.2, 0.25) is 0 Å². The Hall–Kier alpha value is -1.36. The molecule has 1 aliphatic carbocycles. The van der Waals surface area contributed by atoms with Crippen molar-refractivity contribution in [3.8, 4) is 0 Å². The zero-order chi connectivity index (χ0) is 12.3. The van der Waals surface area contributed by atoms with Gasteiger partial charge < -0.3 is 10.1 Å². The molecule has 92 valence electrons. The smallest absolute Gasteiger partial charge is 0.307 e. The van der Waals surface area contributed by atoms with E-state index in [4.69, 9.17) is 11.6 Å². The first-order valence-electron chi connectivity index (χ1n) is 5.54. The van der Waals surface area contributed by atoms with Gasteiger partial charge in [-0.05, 0) is 12.8 Å². The number of esters is 1. The molecule has 1 saturated carbocycles. The van der Waals surface area contributed by atoms with Crippen molar-refractivity contribution in [2.75, 3.05) is 19.0 Å². The van der Waals surface area contributed by atoms with Crippen molar-refractivity contribution >= 4 is 23.4 Å². The van der Waals surface area contributed by atoms with Crippen LogP contribution in [0.4, 0.5) is 5.82 Å². The van der Waals surface area contributed by atoms with E-state index in [1.165, 1.54) is 7.11 Å². The van der Waals surface area contributed by atoms with Gasteiger partial charge in [-0.3, -0.25) is 4.79 Å². The van der Waals surface area contributed by atoms with Crippen LogP contribution in [0.3, 0.4) is 0 Å². The number of ether oxygens (including phenoxy) is 1. The number of nitrogens with one attached hydrogen (secondary N) is 1. The maximum absolute atomic E-state index is 10.9. The van der Waals surface area contributed by atoms with E-state index in [-0.39, 0.29) is 5.97 Å². The molecular formula is C11H14ClN3O2. The lowest BCUT2D eigenvalue weighted by molar-refractivity contribution is -0.140. The van der Waals surface area contributed by atoms with E-state index in [1.807, 2.05) is 0 Å². The number of carbonyl (C=O) groups excluding carboxylic acids is 1. The lowest BCUT2D eigenvalue weighted by Gasteiger charge is -2.06. The van der Waals surface area contributed by atoms with Gasteiger partial charge in [0.15, 0.2) is 0 Å². The second-order valence-corrected chi connectivity index (χ2v) is 4.35. The highest BCUT2D eigenvalue weighted by Crippen LogP contribution is 2.38. The molecule has 1 fully saturated rings. The second kappa shape index (κ2) is 5.31. The summed E-state index contributed by atoms with van der Waals surface area (Å²) >= 11 is 5.91. The minimum absolute atomic E-state index is 0.250. The molecule has 5 nitrogen and oxygen atoms in total. The van der Waals surface area contributed by atoms with Gasteiger partial charge in [-0.15, -0.1) is 0 Å². The summed E-state index contributed by atoms with van der Waals surface area (Å²) in [7, 11) is 1.37. The van der Waals surface area contributed by atoms with Gasteiger partial charge in [0, 0.05) is 18.5 Å². The van der Waals surface area contributed by atoms with Gasteiger partial charge in [0.25, 0.3) is 0 Å². The summed E-state index contributed by atoms with van der Waals surface area (Å²) in [4.78, 5) is 19.5. The Balaban J connectivity index is 1.93. The van der Waals surface area contributed by atoms with E-state index >= 15 is 0 Å². The largest absolute Gasteiger partial charge is 0.469 e. The van der Waals surface area contributed by atoms with Crippen LogP contribution in [0, 0.1) is 0 Å². The summed E-state index contributed by atoms with van der Waals surface area (Å²) < 4.78 is 4.55. The van der Waals surface area contributed by atoms with Crippen LogP contribution in [0.25, 0.3) is 0 Å². The maximum atomic E-state index is 10.9. The number of hydrogen-bond donors (Lipinski definition) is 1. The van der Waals surface area contributed by atoms with E-state index in [2.05, 4.69) is 20.0 Å². The monoisotopic (exact) mass is 255 g/mol. The summed E-state index contributed by atoms with van der Waals surface area (Å²) in [5.74, 6) is 1.66. The first-order valence-corrected chi connectivity index (χ1v) is 5.92. The Kier molecular flexibility index (Phi) is 3.78. The average Bonchev–Trinajstić information content (AvgIpc) is 3.12. The van der Waals surface area contributed by atoms with E-state index < -0.39 is 0 Å². The third kappa shape index (κ3) is 3.56. The van der Waals surface area contributed by atoms with Gasteiger partial charge in [0.05, 0.1) is 13.5 Å². The van der Waals surface area contributed by atoms with Crippen LogP contribution in [-0.4, -0.2) is 29.6 Å². The van der Waals surface area contributed by atoms with Crippen molar-refractivity contribution in [1.82, 2.24) is 9.97 Å². The van der Waals surface area contributed by atoms with Gasteiger partial charge in [-0.25, -0.2) is 9.97 Å². The molecule has 0 atom stereocenters. The van der Waals surface area contributed by atoms with Crippen LogP contribution < -0.4 is 5.32 Å². The highest BCUT2D eigenvalue weighted by molar-refractivity contribution is 6.29. The fourth-order valence-electron chi connectivity index (χ4n) is 1.44. The van der Waals surface area contributed by atoms with Crippen LogP contribution in [0.2, 0.25) is 5.15 Å². The number of carbonyl (C=O) groups is 1. The minimum atomic E-state index is -0.250. The Labute approximate surface area is 105 Å². The standard InChI is InChI=1S/C11H14ClN3O2/c1-17-10(16)4-5-13-9-6-8(12)14-11(15-9)7-2-3-7/h6-7H,2-5H2,1H3,(H,13,14,15). The molecule has 1 heterocycles. The van der Waals surface area contributed by atoms with Crippen molar-refractivity contribution < 1.29 is 9.53 Å². The quantitative estimate of drug-likeness (QED) is 0.644. The normalized spacial score (nSPS) is 14.5. The molecule has 0 aliphatic heterocycles. The first-order chi connectivity index (χ1) is 8.19. The van der Waals surface area contributed by atoms with E-state index in [0.717, 1.165) is 18.7 Å². The molecular weight excluding hydrogens is 242 g/mol. The predicted octanol–water partition coefficient (Wildman–Crippen LogP) is 1.98. The van der Waals surface area contributed by atoms with E-state index in [9.17, 15) is 4.79 Å². The third-order valence-electron chi connectivity index (χ3n) is 2.52. The number of aromatic nitrogens is 2. The molecule has 0 amide bonds. The molecule has 1 aromatic rings. The fourth-order valence-corrected chi connectivity index (χ4v) is 1.63. The number of hydrogen-bond acceptors (Lipinski definition) is 5. The maximum Gasteiger partial charge on any atom is 0.307 e. The zero-order valence-corrected chi connectivity index (χ0v) is 10.3. The molecule has 0 bridgehead atoms. The Morgan fingerprint density at radius 1 is 1.59 bits per heavy atom. The topological polar surface area (TPSA) is 64.1 Å². The third-order valence-corrected chi connectivity index (χ3v) is 2.71. The number of halogens is 1. The molecule has 0 radical (unpaired) electrons. The molecule has 1 aliphatic rings. The van der Waals surface area contributed by atoms with Gasteiger partial charge in [-0.1, -0.05) is 11.6 Å². The van der Waals surface area contributed by atoms with Crippen LogP contribution in [0.1, 0.15) is 31.0 Å². The molecule has 6 heteroatoms. The highest BCUT2D eigenvalue weighted by Gasteiger charge is 2.27. The van der Waals surface area contributed by atoms with Crippen molar-refractivity contribution in [2.45, 2.75) is 25.2 Å². The van der Waals surface area contributed by atoms with Crippen LogP contribution in [0.5, 0.6) is 0 Å². The predicted molar refractivity (Wildman–Crippen MR) is 64.1 cm³/mol. The molecule has 0 saturated heterocycles. The number of methoxy groups -OCH3 is 1. The highest BCUT2D eigenvalue weighted by atomic mass is 35.5. The van der Waals surface area contributed by atoms with Crippen LogP contribution in [-0.2, 0) is 9.53 Å². The summed E-state index contributed by atoms with van der Waals surface area (Å²) in [5.41, 5.74) is 0. The number of rotatable bonds is 5. The molecule has 1 aromatic heterocycles. The Morgan fingerprint density at radius 2 is 2.35 bits per heavy atom. The lowest BCUT2D eigenvalue weighted by atomic mass is 10.4. The van der Waals surface area contributed by atoms with Crippen molar-refractivity contribution in [3.05, 3.63) is 17.0 Å². The Morgan fingerprint density at radius 3 is 3.00 bits per heavy atom. The zero-order valence-electron chi connectivity index (χ0n) is 9.57. The van der Waals surface area contributed by atoms with Gasteiger partial charge >= 0.3 is 5.97 Å². The number of nitrogens with zero attached hydrogens (tertiary/aromatic N) is 2. The molecule has 17 heavy (non-hydrogen) atoms. The second-order valence-electron chi connectivity index (χ2n) is 3.96. The van der Waals surface area contributed by atoms with Crippen molar-refractivity contribution in [2.24, 2.45) is 0 Å². The molecule has 0 unspecified atom stereocenters. The Bertz CT molecular complexity index is 421. The lowest BCUT2D eigenvalue weighted by Crippen LogP contribution is -2.11. The van der Waals surface area contributed by atoms with Gasteiger partial charge in [0.1, 0.15) is 16.8 Å². The molecule has 0 aromatic carbocycles. The molecule has 1 N–H and O–H groups in total. The summed E-state index contributed by atoms with van der Waals surface area (Å²) in [6.07, 6.45) is 2.56. The van der Waals surface area contributed by atoms with E-state index in [0.29, 0.717) is 29.9 Å². The summed E-state index contributed by atoms with van der Waals surface area (Å²) in [6, 6.07) is 1.66. The van der Waals surface area contributed by atoms with Crippen LogP contribution in [0.15, 0.2) is 6.07 Å². The minimum Gasteiger partial charge on any atom is -0.469 e. The van der Waals surface area contributed by atoms with Crippen LogP contribution >= 0.6 is 11.6 Å². The van der Waals surface area contributed by atoms with Crippen molar-refractivity contribution in [1.29, 1.82) is 0 Å².